The lowest BCUT2D eigenvalue weighted by Crippen LogP contribution is -2.34. The summed E-state index contributed by atoms with van der Waals surface area (Å²) >= 11 is 0. The first kappa shape index (κ1) is 26.8. The van der Waals surface area contributed by atoms with Gasteiger partial charge < -0.3 is 29.0 Å². The lowest BCUT2D eigenvalue weighted by molar-refractivity contribution is -0.121. The number of carbonyl (C=O) groups is 2. The van der Waals surface area contributed by atoms with E-state index in [2.05, 4.69) is 5.32 Å². The molecule has 0 aromatic rings. The van der Waals surface area contributed by atoms with Crippen molar-refractivity contribution in [3.05, 3.63) is 0 Å². The van der Waals surface area contributed by atoms with Gasteiger partial charge >= 0.3 is 6.09 Å². The van der Waals surface area contributed by atoms with Gasteiger partial charge in [-0.2, -0.15) is 0 Å². The van der Waals surface area contributed by atoms with Crippen molar-refractivity contribution in [1.82, 2.24) is 5.32 Å². The summed E-state index contributed by atoms with van der Waals surface area (Å²) in [5.41, 5.74) is -0.501. The Morgan fingerprint density at radius 1 is 0.786 bits per heavy atom. The van der Waals surface area contributed by atoms with Gasteiger partial charge in [-0.05, 0) is 26.7 Å². The minimum Gasteiger partial charge on any atom is -0.444 e. The second-order valence-electron chi connectivity index (χ2n) is 7.76. The highest BCUT2D eigenvalue weighted by molar-refractivity contribution is 5.78. The van der Waals surface area contributed by atoms with Crippen LogP contribution in [0.1, 0.15) is 47.5 Å². The van der Waals surface area contributed by atoms with Crippen molar-refractivity contribution in [2.45, 2.75) is 53.1 Å². The van der Waals surface area contributed by atoms with Gasteiger partial charge in [-0.3, -0.25) is 4.79 Å². The average Bonchev–Trinajstić information content (AvgIpc) is 2.56. The molecular weight excluding hydrogens is 366 g/mol. The van der Waals surface area contributed by atoms with Crippen molar-refractivity contribution in [1.29, 1.82) is 0 Å². The predicted molar refractivity (Wildman–Crippen MR) is 107 cm³/mol. The number of hydrogen-bond donors (Lipinski definition) is 1. The standard InChI is InChI=1S/C20H39NO7/c1-17(2)16-18(22)6-8-24-10-12-26-14-15-27-13-11-25-9-7-21-19(23)28-20(3,4)5/h17H,6-16H2,1-5H3,(H,21,23). The number of hydrogen-bond acceptors (Lipinski definition) is 7. The van der Waals surface area contributed by atoms with Gasteiger partial charge in [-0.25, -0.2) is 4.79 Å². The van der Waals surface area contributed by atoms with Crippen molar-refractivity contribution in [3.63, 3.8) is 0 Å². The van der Waals surface area contributed by atoms with Crippen molar-refractivity contribution in [2.24, 2.45) is 5.92 Å². The van der Waals surface area contributed by atoms with Gasteiger partial charge in [0.25, 0.3) is 0 Å². The Bertz CT molecular complexity index is 408. The molecule has 0 aliphatic heterocycles. The molecule has 0 aliphatic rings. The maximum atomic E-state index is 11.5. The van der Waals surface area contributed by atoms with Gasteiger partial charge in [0.05, 0.1) is 52.9 Å². The molecule has 1 amide bonds. The molecule has 0 rings (SSSR count). The Balaban J connectivity index is 3.22. The first-order valence-electron chi connectivity index (χ1n) is 10.00. The number of rotatable bonds is 17. The summed E-state index contributed by atoms with van der Waals surface area (Å²) in [6.45, 7) is 13.6. The van der Waals surface area contributed by atoms with Crippen LogP contribution in [0.25, 0.3) is 0 Å². The van der Waals surface area contributed by atoms with E-state index in [1.807, 2.05) is 34.6 Å². The van der Waals surface area contributed by atoms with Gasteiger partial charge in [-0.1, -0.05) is 13.8 Å². The third kappa shape index (κ3) is 21.1. The molecule has 0 heterocycles. The number of nitrogens with one attached hydrogen (secondary N) is 1. The molecule has 8 nitrogen and oxygen atoms in total. The van der Waals surface area contributed by atoms with Crippen LogP contribution in [0.4, 0.5) is 4.79 Å². The Morgan fingerprint density at radius 3 is 1.71 bits per heavy atom. The first-order valence-corrected chi connectivity index (χ1v) is 10.00. The fourth-order valence-corrected chi connectivity index (χ4v) is 2.04. The summed E-state index contributed by atoms with van der Waals surface area (Å²) < 4.78 is 26.6. The zero-order valence-electron chi connectivity index (χ0n) is 18.2. The molecule has 166 valence electrons. The van der Waals surface area contributed by atoms with E-state index in [1.165, 1.54) is 0 Å². The summed E-state index contributed by atoms with van der Waals surface area (Å²) in [7, 11) is 0. The highest BCUT2D eigenvalue weighted by Crippen LogP contribution is 2.06. The van der Waals surface area contributed by atoms with Gasteiger partial charge in [0, 0.05) is 19.4 Å². The summed E-state index contributed by atoms with van der Waals surface area (Å²) in [5, 5.41) is 2.62. The van der Waals surface area contributed by atoms with Gasteiger partial charge in [0.15, 0.2) is 0 Å². The molecule has 0 saturated heterocycles. The molecule has 0 aliphatic carbocycles. The second kappa shape index (κ2) is 16.7. The predicted octanol–water partition coefficient (Wildman–Crippen LogP) is 2.58. The molecule has 0 spiro atoms. The zero-order valence-corrected chi connectivity index (χ0v) is 18.2. The Morgan fingerprint density at radius 2 is 1.25 bits per heavy atom. The quantitative estimate of drug-likeness (QED) is 0.372. The van der Waals surface area contributed by atoms with Crippen molar-refractivity contribution in [2.75, 3.05) is 59.4 Å². The van der Waals surface area contributed by atoms with Crippen LogP contribution in [-0.4, -0.2) is 76.9 Å². The summed E-state index contributed by atoms with van der Waals surface area (Å²) in [4.78, 5) is 22.9. The van der Waals surface area contributed by atoms with Crippen LogP contribution in [-0.2, 0) is 28.5 Å². The van der Waals surface area contributed by atoms with Crippen LogP contribution < -0.4 is 5.32 Å². The van der Waals surface area contributed by atoms with Crippen LogP contribution in [0.2, 0.25) is 0 Å². The number of ketones is 1. The third-order valence-corrected chi connectivity index (χ3v) is 3.19. The first-order chi connectivity index (χ1) is 13.2. The molecule has 28 heavy (non-hydrogen) atoms. The van der Waals surface area contributed by atoms with E-state index < -0.39 is 11.7 Å². The monoisotopic (exact) mass is 405 g/mol. The Labute approximate surface area is 169 Å². The van der Waals surface area contributed by atoms with E-state index in [4.69, 9.17) is 23.7 Å². The normalized spacial score (nSPS) is 11.6. The topological polar surface area (TPSA) is 92.3 Å². The molecule has 0 unspecified atom stereocenters. The molecule has 0 radical (unpaired) electrons. The van der Waals surface area contributed by atoms with Gasteiger partial charge in [0.2, 0.25) is 0 Å². The van der Waals surface area contributed by atoms with Crippen molar-refractivity contribution >= 4 is 11.9 Å². The molecule has 0 bridgehead atoms. The maximum Gasteiger partial charge on any atom is 0.407 e. The maximum absolute atomic E-state index is 11.5. The average molecular weight is 406 g/mol. The fourth-order valence-electron chi connectivity index (χ4n) is 2.04. The smallest absolute Gasteiger partial charge is 0.407 e. The number of alkyl carbamates (subject to hydrolysis) is 1. The van der Waals surface area contributed by atoms with Crippen LogP contribution in [0.5, 0.6) is 0 Å². The van der Waals surface area contributed by atoms with E-state index in [0.29, 0.717) is 78.2 Å². The highest BCUT2D eigenvalue weighted by atomic mass is 16.6. The van der Waals surface area contributed by atoms with Gasteiger partial charge in [-0.15, -0.1) is 0 Å². The lowest BCUT2D eigenvalue weighted by Gasteiger charge is -2.19. The van der Waals surface area contributed by atoms with E-state index in [1.54, 1.807) is 0 Å². The third-order valence-electron chi connectivity index (χ3n) is 3.19. The van der Waals surface area contributed by atoms with Gasteiger partial charge in [0.1, 0.15) is 11.4 Å². The second-order valence-corrected chi connectivity index (χ2v) is 7.76. The summed E-state index contributed by atoms with van der Waals surface area (Å²) in [5.74, 6) is 0.641. The Kier molecular flexibility index (Phi) is 16.0. The van der Waals surface area contributed by atoms with Crippen LogP contribution in [0, 0.1) is 5.92 Å². The lowest BCUT2D eigenvalue weighted by atomic mass is 10.1. The minimum atomic E-state index is -0.501. The Hall–Kier alpha value is -1.22. The SMILES string of the molecule is CC(C)CC(=O)CCOCCOCCOCCOCCNC(=O)OC(C)(C)C. The molecule has 0 aromatic heterocycles. The molecule has 0 aromatic carbocycles. The number of carbonyl (C=O) groups excluding carboxylic acids is 2. The van der Waals surface area contributed by atoms with E-state index in [0.717, 1.165) is 0 Å². The largest absolute Gasteiger partial charge is 0.444 e. The molecule has 8 heteroatoms. The van der Waals surface area contributed by atoms with Crippen LogP contribution >= 0.6 is 0 Å². The summed E-state index contributed by atoms with van der Waals surface area (Å²) in [6, 6.07) is 0. The molecule has 0 fully saturated rings. The highest BCUT2D eigenvalue weighted by Gasteiger charge is 2.15. The van der Waals surface area contributed by atoms with Crippen molar-refractivity contribution in [3.8, 4) is 0 Å². The minimum absolute atomic E-state index is 0.243. The summed E-state index contributed by atoms with van der Waals surface area (Å²) in [6.07, 6.45) is 0.631. The molecule has 0 atom stereocenters. The molecule has 0 saturated carbocycles. The van der Waals surface area contributed by atoms with Crippen LogP contribution in [0.3, 0.4) is 0 Å². The number of ether oxygens (including phenoxy) is 5. The number of amides is 1. The van der Waals surface area contributed by atoms with E-state index >= 15 is 0 Å². The molecular formula is C20H39NO7. The fraction of sp³-hybridized carbons (Fsp3) is 0.900. The van der Waals surface area contributed by atoms with Crippen LogP contribution in [0.15, 0.2) is 0 Å². The van der Waals surface area contributed by atoms with Crippen molar-refractivity contribution < 1.29 is 33.3 Å². The van der Waals surface area contributed by atoms with E-state index in [9.17, 15) is 9.59 Å². The van der Waals surface area contributed by atoms with E-state index in [-0.39, 0.29) is 5.78 Å². The zero-order chi connectivity index (χ0) is 21.3. The molecule has 1 N–H and O–H groups in total. The number of Topliss-reactive ketones (excluding diaryl/α,β-unsaturated/α-hetero) is 1.